The second-order valence-corrected chi connectivity index (χ2v) is 4.30. The molecule has 3 amide bonds. The highest BCUT2D eigenvalue weighted by atomic mass is 35.5. The molecule has 0 fully saturated rings. The van der Waals surface area contributed by atoms with E-state index < -0.39 is 29.5 Å². The summed E-state index contributed by atoms with van der Waals surface area (Å²) >= 11 is 5.33. The molecule has 0 saturated carbocycles. The molecule has 0 aliphatic carbocycles. The molecule has 1 aliphatic rings. The molecule has 0 spiro atoms. The molecule has 0 bridgehead atoms. The maximum atomic E-state index is 12.1. The summed E-state index contributed by atoms with van der Waals surface area (Å²) in [6.45, 7) is 0.790. The van der Waals surface area contributed by atoms with Crippen LogP contribution < -0.4 is 0 Å². The van der Waals surface area contributed by atoms with Crippen LogP contribution in [0.4, 0.5) is 4.79 Å². The molecule has 2 rings (SSSR count). The van der Waals surface area contributed by atoms with Crippen LogP contribution >= 0.6 is 11.6 Å². The number of nitrogens with zero attached hydrogens (tertiary/aromatic N) is 2. The first-order chi connectivity index (χ1) is 8.93. The van der Waals surface area contributed by atoms with Crippen LogP contribution in [-0.2, 0) is 4.79 Å². The number of carbonyl (C=O) groups excluding carboxylic acids is 4. The number of ketones is 1. The lowest BCUT2D eigenvalue weighted by atomic mass is 10.1. The van der Waals surface area contributed by atoms with Crippen molar-refractivity contribution in [1.82, 2.24) is 10.0 Å². The van der Waals surface area contributed by atoms with E-state index in [1.165, 1.54) is 19.1 Å². The van der Waals surface area contributed by atoms with Gasteiger partial charge in [0.25, 0.3) is 11.8 Å². The van der Waals surface area contributed by atoms with E-state index in [1.807, 2.05) is 0 Å². The minimum absolute atomic E-state index is 0.180. The number of hydrogen-bond acceptors (Lipinski definition) is 4. The van der Waals surface area contributed by atoms with E-state index in [9.17, 15) is 19.2 Å². The van der Waals surface area contributed by atoms with Crippen LogP contribution in [0.3, 0.4) is 0 Å². The van der Waals surface area contributed by atoms with Crippen LogP contribution in [0.15, 0.2) is 24.3 Å². The standard InChI is InChI=1S/C12H9ClN2O4/c1-7(16)6-14(12(13)19)15-10(17)8-4-2-3-5-9(8)11(15)18/h2-5H,6H2,1H3. The zero-order valence-corrected chi connectivity index (χ0v) is 10.7. The Morgan fingerprint density at radius 3 is 2.00 bits per heavy atom. The van der Waals surface area contributed by atoms with Crippen LogP contribution in [0.2, 0.25) is 0 Å². The van der Waals surface area contributed by atoms with Crippen LogP contribution in [0.5, 0.6) is 0 Å². The van der Waals surface area contributed by atoms with Crippen molar-refractivity contribution in [3.63, 3.8) is 0 Å². The maximum absolute atomic E-state index is 12.1. The number of hydrazine groups is 1. The number of halogens is 1. The highest BCUT2D eigenvalue weighted by Crippen LogP contribution is 2.24. The zero-order chi connectivity index (χ0) is 14.2. The van der Waals surface area contributed by atoms with E-state index in [2.05, 4.69) is 0 Å². The molecule has 0 saturated heterocycles. The van der Waals surface area contributed by atoms with Crippen LogP contribution in [0, 0.1) is 0 Å². The summed E-state index contributed by atoms with van der Waals surface area (Å²) in [6, 6.07) is 6.15. The third-order valence-electron chi connectivity index (χ3n) is 2.59. The van der Waals surface area contributed by atoms with E-state index >= 15 is 0 Å². The highest BCUT2D eigenvalue weighted by molar-refractivity contribution is 6.63. The van der Waals surface area contributed by atoms with Gasteiger partial charge in [0, 0.05) is 0 Å². The Hall–Kier alpha value is -2.21. The largest absolute Gasteiger partial charge is 0.335 e. The Bertz CT molecular complexity index is 564. The Labute approximate surface area is 113 Å². The van der Waals surface area contributed by atoms with Gasteiger partial charge < -0.3 is 0 Å². The molecule has 0 atom stereocenters. The summed E-state index contributed by atoms with van der Waals surface area (Å²) in [5.74, 6) is -1.74. The number of fused-ring (bicyclic) bond motifs is 1. The number of imide groups is 1. The number of hydrogen-bond donors (Lipinski definition) is 0. The molecule has 98 valence electrons. The normalized spacial score (nSPS) is 13.5. The molecule has 0 radical (unpaired) electrons. The maximum Gasteiger partial charge on any atom is 0.335 e. The van der Waals surface area contributed by atoms with Gasteiger partial charge in [-0.3, -0.25) is 19.2 Å². The van der Waals surface area contributed by atoms with Crippen LogP contribution in [0.1, 0.15) is 27.6 Å². The summed E-state index contributed by atoms with van der Waals surface area (Å²) in [5.41, 5.74) is 0.359. The van der Waals surface area contributed by atoms with Gasteiger partial charge >= 0.3 is 5.37 Å². The Morgan fingerprint density at radius 2 is 1.63 bits per heavy atom. The molecule has 7 heteroatoms. The lowest BCUT2D eigenvalue weighted by Crippen LogP contribution is -2.49. The molecule has 0 unspecified atom stereocenters. The number of Topliss-reactive ketones (excluding diaryl/α,β-unsaturated/α-hetero) is 1. The summed E-state index contributed by atoms with van der Waals surface area (Å²) in [7, 11) is 0. The average molecular weight is 281 g/mol. The summed E-state index contributed by atoms with van der Waals surface area (Å²) in [4.78, 5) is 46.6. The smallest absolute Gasteiger partial charge is 0.298 e. The Morgan fingerprint density at radius 1 is 1.16 bits per heavy atom. The van der Waals surface area contributed by atoms with Crippen molar-refractivity contribution in [2.24, 2.45) is 0 Å². The van der Waals surface area contributed by atoms with Crippen molar-refractivity contribution in [2.45, 2.75) is 6.92 Å². The van der Waals surface area contributed by atoms with Crippen LogP contribution in [0.25, 0.3) is 0 Å². The minimum atomic E-state index is -1.07. The van der Waals surface area contributed by atoms with Gasteiger partial charge in [0.15, 0.2) is 5.78 Å². The number of carbonyl (C=O) groups is 4. The molecular formula is C12H9ClN2O4. The Balaban J connectivity index is 2.42. The van der Waals surface area contributed by atoms with Gasteiger partial charge in [-0.2, -0.15) is 5.01 Å². The molecule has 19 heavy (non-hydrogen) atoms. The average Bonchev–Trinajstić information content (AvgIpc) is 2.60. The van der Waals surface area contributed by atoms with Crippen molar-refractivity contribution in [3.8, 4) is 0 Å². The van der Waals surface area contributed by atoms with Gasteiger partial charge in [0.2, 0.25) is 0 Å². The summed E-state index contributed by atoms with van der Waals surface area (Å²) in [6.07, 6.45) is 0. The SMILES string of the molecule is CC(=O)CN(C(=O)Cl)N1C(=O)c2ccccc2C1=O. The van der Waals surface area contributed by atoms with Crippen molar-refractivity contribution < 1.29 is 19.2 Å². The third-order valence-corrected chi connectivity index (χ3v) is 2.78. The summed E-state index contributed by atoms with van der Waals surface area (Å²) in [5, 5.41) is 0.167. The van der Waals surface area contributed by atoms with Crippen molar-refractivity contribution >= 4 is 34.6 Å². The van der Waals surface area contributed by atoms with Crippen LogP contribution in [-0.4, -0.2) is 39.5 Å². The van der Waals surface area contributed by atoms with Gasteiger partial charge in [0.1, 0.15) is 6.54 Å². The lowest BCUT2D eigenvalue weighted by molar-refractivity contribution is -0.119. The third kappa shape index (κ3) is 2.22. The minimum Gasteiger partial charge on any atom is -0.298 e. The molecule has 6 nitrogen and oxygen atoms in total. The van der Waals surface area contributed by atoms with Crippen molar-refractivity contribution in [2.75, 3.05) is 6.54 Å². The first-order valence-electron chi connectivity index (χ1n) is 5.37. The second-order valence-electron chi connectivity index (χ2n) is 3.98. The summed E-state index contributed by atoms with van der Waals surface area (Å²) < 4.78 is 0. The quantitative estimate of drug-likeness (QED) is 0.477. The first-order valence-corrected chi connectivity index (χ1v) is 5.75. The van der Waals surface area contributed by atoms with Gasteiger partial charge in [0.05, 0.1) is 11.1 Å². The number of amides is 3. The van der Waals surface area contributed by atoms with E-state index in [1.54, 1.807) is 12.1 Å². The van der Waals surface area contributed by atoms with Gasteiger partial charge in [-0.1, -0.05) is 12.1 Å². The van der Waals surface area contributed by atoms with Crippen molar-refractivity contribution in [3.05, 3.63) is 35.4 Å². The van der Waals surface area contributed by atoms with Gasteiger partial charge in [-0.05, 0) is 30.7 Å². The number of benzene rings is 1. The predicted octanol–water partition coefficient (Wildman–Crippen LogP) is 1.45. The van der Waals surface area contributed by atoms with E-state index in [-0.39, 0.29) is 11.1 Å². The first kappa shape index (κ1) is 13.2. The monoisotopic (exact) mass is 280 g/mol. The molecular weight excluding hydrogens is 272 g/mol. The molecule has 1 aliphatic heterocycles. The van der Waals surface area contributed by atoms with Crippen molar-refractivity contribution in [1.29, 1.82) is 0 Å². The molecule has 0 aromatic heterocycles. The topological polar surface area (TPSA) is 74.8 Å². The van der Waals surface area contributed by atoms with Gasteiger partial charge in [-0.25, -0.2) is 5.01 Å². The highest BCUT2D eigenvalue weighted by Gasteiger charge is 2.41. The molecule has 1 aromatic carbocycles. The molecule has 0 N–H and O–H groups in total. The fraction of sp³-hybridized carbons (Fsp3) is 0.167. The van der Waals surface area contributed by atoms with E-state index in [4.69, 9.17) is 11.6 Å². The zero-order valence-electron chi connectivity index (χ0n) is 9.92. The second kappa shape index (κ2) is 4.81. The van der Waals surface area contributed by atoms with E-state index in [0.717, 1.165) is 0 Å². The fourth-order valence-corrected chi connectivity index (χ4v) is 1.95. The molecule has 1 aromatic rings. The Kier molecular flexibility index (Phi) is 3.35. The molecule has 1 heterocycles. The number of rotatable bonds is 3. The predicted molar refractivity (Wildman–Crippen MR) is 65.6 cm³/mol. The lowest BCUT2D eigenvalue weighted by Gasteiger charge is -2.26. The fourth-order valence-electron chi connectivity index (χ4n) is 1.82. The van der Waals surface area contributed by atoms with Gasteiger partial charge in [-0.15, -0.1) is 0 Å². The van der Waals surface area contributed by atoms with E-state index in [0.29, 0.717) is 10.0 Å².